The van der Waals surface area contributed by atoms with Crippen molar-refractivity contribution in [1.82, 2.24) is 44.5 Å². The molecule has 6 rings (SSSR count). The quantitative estimate of drug-likeness (QED) is 0.358. The minimum atomic E-state index is -4.78. The van der Waals surface area contributed by atoms with Crippen LogP contribution in [0.25, 0.3) is 22.3 Å². The molecule has 0 bridgehead atoms. The molecule has 4 aromatic rings. The summed E-state index contributed by atoms with van der Waals surface area (Å²) in [5.74, 6) is -1.95. The SMILES string of the molecule is N#CC[C@]1(n2cc(-c3ncnc4[nH]ccc34)cn2)C[C@H](N2CCN(C(=O)c3cc(CN)nc(C(F)(F)F)n3)CC2)C1. The van der Waals surface area contributed by atoms with Gasteiger partial charge in [0.2, 0.25) is 5.82 Å². The highest BCUT2D eigenvalue weighted by Gasteiger charge is 2.49. The van der Waals surface area contributed by atoms with Crippen LogP contribution >= 0.6 is 0 Å². The fourth-order valence-corrected chi connectivity index (χ4v) is 5.73. The molecule has 1 amide bonds. The number of hydrogen-bond acceptors (Lipinski definition) is 9. The van der Waals surface area contributed by atoms with E-state index >= 15 is 0 Å². The van der Waals surface area contributed by atoms with E-state index in [2.05, 4.69) is 41.0 Å². The Balaban J connectivity index is 1.12. The second-order valence-electron chi connectivity index (χ2n) is 10.4. The lowest BCUT2D eigenvalue weighted by Crippen LogP contribution is -2.60. The summed E-state index contributed by atoms with van der Waals surface area (Å²) >= 11 is 0. The Labute approximate surface area is 232 Å². The molecule has 5 heterocycles. The van der Waals surface area contributed by atoms with Gasteiger partial charge in [-0.1, -0.05) is 0 Å². The van der Waals surface area contributed by atoms with Crippen LogP contribution in [0.2, 0.25) is 0 Å². The first-order chi connectivity index (χ1) is 19.7. The zero-order valence-electron chi connectivity index (χ0n) is 21.8. The number of nitriles is 1. The monoisotopic (exact) mass is 565 g/mol. The molecule has 0 unspecified atom stereocenters. The number of nitrogens with zero attached hydrogens (tertiary/aromatic N) is 9. The molecular formula is C26H26F3N11O. The number of aromatic amines is 1. The van der Waals surface area contributed by atoms with Crippen LogP contribution in [0.5, 0.6) is 0 Å². The average molecular weight is 566 g/mol. The van der Waals surface area contributed by atoms with E-state index in [1.165, 1.54) is 17.3 Å². The molecule has 1 saturated heterocycles. The minimum Gasteiger partial charge on any atom is -0.346 e. The Morgan fingerprint density at radius 1 is 1.20 bits per heavy atom. The van der Waals surface area contributed by atoms with Gasteiger partial charge in [0.1, 0.15) is 17.7 Å². The summed E-state index contributed by atoms with van der Waals surface area (Å²) in [7, 11) is 0. The van der Waals surface area contributed by atoms with Gasteiger partial charge in [-0.2, -0.15) is 23.5 Å². The Morgan fingerprint density at radius 3 is 2.68 bits per heavy atom. The van der Waals surface area contributed by atoms with E-state index in [1.54, 1.807) is 12.4 Å². The lowest BCUT2D eigenvalue weighted by Gasteiger charge is -2.52. The van der Waals surface area contributed by atoms with Crippen molar-refractivity contribution in [1.29, 1.82) is 5.26 Å². The lowest BCUT2D eigenvalue weighted by atomic mass is 9.70. The van der Waals surface area contributed by atoms with Crippen molar-refractivity contribution >= 4 is 16.9 Å². The van der Waals surface area contributed by atoms with E-state index in [9.17, 15) is 23.2 Å². The molecule has 1 aliphatic heterocycles. The number of H-pyrrole nitrogens is 1. The molecule has 4 aromatic heterocycles. The molecule has 1 saturated carbocycles. The van der Waals surface area contributed by atoms with Gasteiger partial charge in [0.15, 0.2) is 0 Å². The first-order valence-corrected chi connectivity index (χ1v) is 13.1. The molecular weight excluding hydrogens is 539 g/mol. The van der Waals surface area contributed by atoms with Gasteiger partial charge < -0.3 is 15.6 Å². The van der Waals surface area contributed by atoms with Gasteiger partial charge >= 0.3 is 6.18 Å². The number of carbonyl (C=O) groups excluding carboxylic acids is 1. The van der Waals surface area contributed by atoms with Crippen molar-refractivity contribution in [2.24, 2.45) is 5.73 Å². The van der Waals surface area contributed by atoms with Crippen LogP contribution in [-0.4, -0.2) is 82.6 Å². The van der Waals surface area contributed by atoms with Crippen LogP contribution in [0, 0.1) is 11.3 Å². The molecule has 12 nitrogen and oxygen atoms in total. The molecule has 0 atom stereocenters. The largest absolute Gasteiger partial charge is 0.451 e. The van der Waals surface area contributed by atoms with E-state index in [0.29, 0.717) is 45.4 Å². The van der Waals surface area contributed by atoms with Gasteiger partial charge in [0.05, 0.1) is 35.6 Å². The van der Waals surface area contributed by atoms with Gasteiger partial charge in [0, 0.05) is 62.1 Å². The molecule has 1 aliphatic carbocycles. The van der Waals surface area contributed by atoms with Crippen LogP contribution in [0.4, 0.5) is 13.2 Å². The number of nitrogens with two attached hydrogens (primary N) is 1. The van der Waals surface area contributed by atoms with Crippen LogP contribution in [0.15, 0.2) is 37.1 Å². The van der Waals surface area contributed by atoms with Crippen LogP contribution in [0.1, 0.15) is 41.3 Å². The summed E-state index contributed by atoms with van der Waals surface area (Å²) in [6.45, 7) is 1.55. The second kappa shape index (κ2) is 10.2. The highest BCUT2D eigenvalue weighted by molar-refractivity contribution is 5.92. The molecule has 0 radical (unpaired) electrons. The Bertz CT molecular complexity index is 1630. The zero-order chi connectivity index (χ0) is 28.8. The van der Waals surface area contributed by atoms with Crippen molar-refractivity contribution < 1.29 is 18.0 Å². The average Bonchev–Trinajstić information content (AvgIpc) is 3.64. The van der Waals surface area contributed by atoms with E-state index in [4.69, 9.17) is 5.73 Å². The number of piperazine rings is 1. The summed E-state index contributed by atoms with van der Waals surface area (Å²) in [6, 6.07) is 5.62. The number of alkyl halides is 3. The van der Waals surface area contributed by atoms with Crippen LogP contribution in [0.3, 0.4) is 0 Å². The topological polar surface area (TPSA) is 159 Å². The predicted molar refractivity (Wildman–Crippen MR) is 139 cm³/mol. The van der Waals surface area contributed by atoms with Gasteiger partial charge in [0.25, 0.3) is 5.91 Å². The number of aromatic nitrogens is 7. The van der Waals surface area contributed by atoms with Crippen LogP contribution < -0.4 is 5.73 Å². The normalized spacial score (nSPS) is 21.5. The number of halogens is 3. The summed E-state index contributed by atoms with van der Waals surface area (Å²) in [5.41, 5.74) is 7.01. The minimum absolute atomic E-state index is 0.0448. The van der Waals surface area contributed by atoms with E-state index in [-0.39, 0.29) is 24.0 Å². The van der Waals surface area contributed by atoms with Crippen LogP contribution in [-0.2, 0) is 18.3 Å². The highest BCUT2D eigenvalue weighted by atomic mass is 19.4. The highest BCUT2D eigenvalue weighted by Crippen LogP contribution is 2.45. The maximum atomic E-state index is 13.2. The molecule has 0 spiro atoms. The summed E-state index contributed by atoms with van der Waals surface area (Å²) < 4.78 is 41.5. The maximum Gasteiger partial charge on any atom is 0.451 e. The first kappa shape index (κ1) is 26.8. The number of rotatable bonds is 6. The Morgan fingerprint density at radius 2 is 1.98 bits per heavy atom. The molecule has 2 fully saturated rings. The lowest BCUT2D eigenvalue weighted by molar-refractivity contribution is -0.145. The molecule has 0 aromatic carbocycles. The van der Waals surface area contributed by atoms with Gasteiger partial charge in [-0.05, 0) is 25.0 Å². The van der Waals surface area contributed by atoms with Crippen molar-refractivity contribution in [2.45, 2.75) is 43.6 Å². The standard InChI is InChI=1S/C26H26F3N11O/c27-26(28,29)24-36-17(12-31)9-20(37-24)23(41)39-7-5-38(6-8-39)18-10-25(11-18,2-3-30)40-14-16(13-35-40)21-19-1-4-32-22(19)34-15-33-21/h1,4,9,13-15,18H,2,5-8,10-12,31H2,(H,32,33,34)/t18-,25-. The molecule has 2 aliphatic rings. The number of fused-ring (bicyclic) bond motifs is 1. The summed E-state index contributed by atoms with van der Waals surface area (Å²) in [4.78, 5) is 35.4. The molecule has 15 heteroatoms. The molecule has 3 N–H and O–H groups in total. The third kappa shape index (κ3) is 4.89. The van der Waals surface area contributed by atoms with Gasteiger partial charge in [-0.25, -0.2) is 19.9 Å². The fraction of sp³-hybridized carbons (Fsp3) is 0.423. The second-order valence-corrected chi connectivity index (χ2v) is 10.4. The van der Waals surface area contributed by atoms with Crippen molar-refractivity contribution in [2.75, 3.05) is 26.2 Å². The first-order valence-electron chi connectivity index (χ1n) is 13.1. The molecule has 212 valence electrons. The number of amides is 1. The van der Waals surface area contributed by atoms with Crippen molar-refractivity contribution in [3.8, 4) is 17.3 Å². The van der Waals surface area contributed by atoms with Gasteiger partial charge in [-0.15, -0.1) is 0 Å². The number of hydrogen-bond donors (Lipinski definition) is 2. The van der Waals surface area contributed by atoms with Crippen molar-refractivity contribution in [3.05, 3.63) is 54.3 Å². The smallest absolute Gasteiger partial charge is 0.346 e. The number of nitrogens with one attached hydrogen (secondary N) is 1. The third-order valence-corrected chi connectivity index (χ3v) is 7.91. The van der Waals surface area contributed by atoms with E-state index in [1.807, 2.05) is 16.9 Å². The fourth-order valence-electron chi connectivity index (χ4n) is 5.73. The summed E-state index contributed by atoms with van der Waals surface area (Å²) in [5, 5.41) is 15.1. The predicted octanol–water partition coefficient (Wildman–Crippen LogP) is 2.32. The third-order valence-electron chi connectivity index (χ3n) is 7.91. The maximum absolute atomic E-state index is 13.2. The zero-order valence-corrected chi connectivity index (χ0v) is 21.8. The van der Waals surface area contributed by atoms with E-state index in [0.717, 1.165) is 22.3 Å². The Hall–Kier alpha value is -4.42. The number of carbonyl (C=O) groups is 1. The van der Waals surface area contributed by atoms with E-state index < -0.39 is 23.4 Å². The van der Waals surface area contributed by atoms with Gasteiger partial charge in [-0.3, -0.25) is 14.4 Å². The molecule has 41 heavy (non-hydrogen) atoms. The Kier molecular flexibility index (Phi) is 6.66. The summed E-state index contributed by atoms with van der Waals surface area (Å²) in [6.07, 6.45) is 3.91. The van der Waals surface area contributed by atoms with Crippen molar-refractivity contribution in [3.63, 3.8) is 0 Å².